The molecule has 0 spiro atoms. The number of carbonyl (C=O) groups excluding carboxylic acids is 3. The van der Waals surface area contributed by atoms with Crippen molar-refractivity contribution in [3.8, 4) is 5.75 Å². The van der Waals surface area contributed by atoms with E-state index in [1.54, 1.807) is 16.6 Å². The van der Waals surface area contributed by atoms with Gasteiger partial charge >= 0.3 is 0 Å². The molecular formula is C22H26N6O4. The number of nitrogens with two attached hydrogens (primary N) is 1. The highest BCUT2D eigenvalue weighted by Crippen LogP contribution is 2.18. The van der Waals surface area contributed by atoms with Gasteiger partial charge in [-0.2, -0.15) is 5.10 Å². The lowest BCUT2D eigenvalue weighted by Crippen LogP contribution is -2.30. The van der Waals surface area contributed by atoms with Crippen molar-refractivity contribution in [2.75, 3.05) is 13.1 Å². The molecule has 3 rings (SSSR count). The molecule has 0 aliphatic heterocycles. The number of benzene rings is 1. The van der Waals surface area contributed by atoms with Gasteiger partial charge in [0.05, 0.1) is 6.20 Å². The molecule has 2 heterocycles. The number of amides is 3. The molecule has 0 fully saturated rings. The molecule has 3 aromatic rings. The summed E-state index contributed by atoms with van der Waals surface area (Å²) in [6.45, 7) is 4.51. The van der Waals surface area contributed by atoms with E-state index < -0.39 is 5.91 Å². The van der Waals surface area contributed by atoms with Crippen molar-refractivity contribution in [2.24, 2.45) is 5.73 Å². The van der Waals surface area contributed by atoms with E-state index in [1.165, 1.54) is 18.3 Å². The van der Waals surface area contributed by atoms with E-state index in [2.05, 4.69) is 20.7 Å². The van der Waals surface area contributed by atoms with Gasteiger partial charge in [0, 0.05) is 36.5 Å². The van der Waals surface area contributed by atoms with Crippen molar-refractivity contribution in [3.05, 3.63) is 58.5 Å². The standard InChI is InChI=1S/C22H26N6O4/c1-13-17(14(2)28-21(27-13)18(12-26-28)20(23)31)7-8-19(30)24-9-4-10-25-22(32)15-5-3-6-16(29)11-15/h3,5-6,11-12,29H,4,7-10H2,1-2H3,(H2,23,31)(H,24,30)(H,25,32). The number of aromatic hydroxyl groups is 1. The van der Waals surface area contributed by atoms with Crippen molar-refractivity contribution in [1.82, 2.24) is 25.2 Å². The van der Waals surface area contributed by atoms with Gasteiger partial charge in [-0.1, -0.05) is 6.07 Å². The van der Waals surface area contributed by atoms with Crippen molar-refractivity contribution in [3.63, 3.8) is 0 Å². The number of aryl methyl sites for hydroxylation is 2. The van der Waals surface area contributed by atoms with Crippen LogP contribution >= 0.6 is 0 Å². The van der Waals surface area contributed by atoms with Crippen LogP contribution in [0.4, 0.5) is 0 Å². The molecule has 5 N–H and O–H groups in total. The van der Waals surface area contributed by atoms with Crippen LogP contribution in [0, 0.1) is 13.8 Å². The molecule has 0 aliphatic carbocycles. The summed E-state index contributed by atoms with van der Waals surface area (Å²) in [7, 11) is 0. The fraction of sp³-hybridized carbons (Fsp3) is 0.318. The Kier molecular flexibility index (Phi) is 7.04. The van der Waals surface area contributed by atoms with E-state index in [4.69, 9.17) is 5.73 Å². The smallest absolute Gasteiger partial charge is 0.254 e. The molecular weight excluding hydrogens is 412 g/mol. The Morgan fingerprint density at radius 3 is 2.62 bits per heavy atom. The highest BCUT2D eigenvalue weighted by atomic mass is 16.3. The summed E-state index contributed by atoms with van der Waals surface area (Å²) in [5, 5.41) is 19.2. The Hall–Kier alpha value is -3.95. The van der Waals surface area contributed by atoms with Gasteiger partial charge < -0.3 is 21.5 Å². The largest absolute Gasteiger partial charge is 0.508 e. The van der Waals surface area contributed by atoms with Gasteiger partial charge in [0.2, 0.25) is 5.91 Å². The zero-order chi connectivity index (χ0) is 23.3. The van der Waals surface area contributed by atoms with Crippen LogP contribution in [0.25, 0.3) is 5.65 Å². The average molecular weight is 438 g/mol. The van der Waals surface area contributed by atoms with Gasteiger partial charge in [0.25, 0.3) is 11.8 Å². The van der Waals surface area contributed by atoms with E-state index in [0.717, 1.165) is 17.0 Å². The van der Waals surface area contributed by atoms with Crippen LogP contribution in [-0.4, -0.2) is 50.5 Å². The predicted octanol–water partition coefficient (Wildman–Crippen LogP) is 1.02. The molecule has 3 amide bonds. The predicted molar refractivity (Wildman–Crippen MR) is 117 cm³/mol. The van der Waals surface area contributed by atoms with Crippen molar-refractivity contribution >= 4 is 23.4 Å². The monoisotopic (exact) mass is 438 g/mol. The van der Waals surface area contributed by atoms with Crippen LogP contribution < -0.4 is 16.4 Å². The second-order valence-electron chi connectivity index (χ2n) is 7.43. The molecule has 1 aromatic carbocycles. The third kappa shape index (κ3) is 5.20. The minimum Gasteiger partial charge on any atom is -0.508 e. The minimum atomic E-state index is -0.587. The van der Waals surface area contributed by atoms with Crippen LogP contribution in [0.5, 0.6) is 5.75 Å². The maximum absolute atomic E-state index is 12.2. The Balaban J connectivity index is 1.45. The number of hydrogen-bond donors (Lipinski definition) is 4. The number of fused-ring (bicyclic) bond motifs is 1. The van der Waals surface area contributed by atoms with E-state index in [0.29, 0.717) is 37.1 Å². The summed E-state index contributed by atoms with van der Waals surface area (Å²) in [6.07, 6.45) is 2.72. The van der Waals surface area contributed by atoms with Crippen molar-refractivity contribution in [2.45, 2.75) is 33.1 Å². The fourth-order valence-electron chi connectivity index (χ4n) is 3.44. The first kappa shape index (κ1) is 22.7. The van der Waals surface area contributed by atoms with Gasteiger partial charge in [0.15, 0.2) is 5.65 Å². The lowest BCUT2D eigenvalue weighted by molar-refractivity contribution is -0.121. The van der Waals surface area contributed by atoms with Crippen LogP contribution in [0.15, 0.2) is 30.5 Å². The quantitative estimate of drug-likeness (QED) is 0.366. The lowest BCUT2D eigenvalue weighted by Gasteiger charge is -2.11. The molecule has 168 valence electrons. The second kappa shape index (κ2) is 9.90. The SMILES string of the molecule is Cc1nc2c(C(N)=O)cnn2c(C)c1CCC(=O)NCCCNC(=O)c1cccc(O)c1. The third-order valence-corrected chi connectivity index (χ3v) is 5.15. The van der Waals surface area contributed by atoms with Crippen LogP contribution in [0.1, 0.15) is 50.5 Å². The second-order valence-corrected chi connectivity index (χ2v) is 7.43. The Bertz CT molecular complexity index is 1170. The molecule has 32 heavy (non-hydrogen) atoms. The normalized spacial score (nSPS) is 10.8. The molecule has 10 nitrogen and oxygen atoms in total. The highest BCUT2D eigenvalue weighted by Gasteiger charge is 2.17. The number of aromatic nitrogens is 3. The van der Waals surface area contributed by atoms with Crippen molar-refractivity contribution in [1.29, 1.82) is 0 Å². The van der Waals surface area contributed by atoms with E-state index >= 15 is 0 Å². The zero-order valence-electron chi connectivity index (χ0n) is 18.0. The first-order valence-electron chi connectivity index (χ1n) is 10.3. The van der Waals surface area contributed by atoms with Gasteiger partial charge in [-0.25, -0.2) is 9.50 Å². The molecule has 0 bridgehead atoms. The number of phenols is 1. The molecule has 0 aliphatic rings. The van der Waals surface area contributed by atoms with Crippen molar-refractivity contribution < 1.29 is 19.5 Å². The van der Waals surface area contributed by atoms with Crippen LogP contribution in [0.2, 0.25) is 0 Å². The number of rotatable bonds is 9. The van der Waals surface area contributed by atoms with Gasteiger partial charge in [-0.05, 0) is 50.5 Å². The third-order valence-electron chi connectivity index (χ3n) is 5.15. The number of phenolic OH excluding ortho intramolecular Hbond substituents is 1. The van der Waals surface area contributed by atoms with E-state index in [-0.39, 0.29) is 29.5 Å². The molecule has 10 heteroatoms. The number of nitrogens with zero attached hydrogens (tertiary/aromatic N) is 3. The maximum atomic E-state index is 12.2. The number of primary amides is 1. The van der Waals surface area contributed by atoms with Gasteiger partial charge in [-0.15, -0.1) is 0 Å². The van der Waals surface area contributed by atoms with E-state index in [1.807, 2.05) is 13.8 Å². The molecule has 0 atom stereocenters. The summed E-state index contributed by atoms with van der Waals surface area (Å²) in [5.74, 6) is -0.942. The average Bonchev–Trinajstić information content (AvgIpc) is 3.17. The molecule has 0 saturated heterocycles. The summed E-state index contributed by atoms with van der Waals surface area (Å²) in [6, 6.07) is 6.11. The molecule has 2 aromatic heterocycles. The fourth-order valence-corrected chi connectivity index (χ4v) is 3.44. The van der Waals surface area contributed by atoms with Crippen LogP contribution in [0.3, 0.4) is 0 Å². The first-order valence-corrected chi connectivity index (χ1v) is 10.3. The summed E-state index contributed by atoms with van der Waals surface area (Å²) in [5.41, 5.74) is 8.84. The zero-order valence-corrected chi connectivity index (χ0v) is 18.0. The lowest BCUT2D eigenvalue weighted by atomic mass is 10.1. The van der Waals surface area contributed by atoms with Gasteiger partial charge in [-0.3, -0.25) is 14.4 Å². The topological polar surface area (TPSA) is 152 Å². The number of hydrogen-bond acceptors (Lipinski definition) is 6. The van der Waals surface area contributed by atoms with Crippen LogP contribution in [-0.2, 0) is 11.2 Å². The highest BCUT2D eigenvalue weighted by molar-refractivity contribution is 5.98. The molecule has 0 unspecified atom stereocenters. The molecule has 0 radical (unpaired) electrons. The Labute approximate surface area is 184 Å². The molecule has 0 saturated carbocycles. The summed E-state index contributed by atoms with van der Waals surface area (Å²) < 4.78 is 1.56. The Morgan fingerprint density at radius 2 is 1.91 bits per heavy atom. The van der Waals surface area contributed by atoms with Gasteiger partial charge in [0.1, 0.15) is 11.3 Å². The van der Waals surface area contributed by atoms with E-state index in [9.17, 15) is 19.5 Å². The minimum absolute atomic E-state index is 0.0330. The summed E-state index contributed by atoms with van der Waals surface area (Å²) >= 11 is 0. The Morgan fingerprint density at radius 1 is 1.16 bits per heavy atom. The first-order chi connectivity index (χ1) is 15.3. The number of carbonyl (C=O) groups is 3. The number of nitrogens with one attached hydrogen (secondary N) is 2. The maximum Gasteiger partial charge on any atom is 0.254 e. The summed E-state index contributed by atoms with van der Waals surface area (Å²) in [4.78, 5) is 40.2.